The van der Waals surface area contributed by atoms with E-state index in [4.69, 9.17) is 4.98 Å². The summed E-state index contributed by atoms with van der Waals surface area (Å²) < 4.78 is 1.78. The number of aryl methyl sites for hydroxylation is 2. The van der Waals surface area contributed by atoms with E-state index < -0.39 is 0 Å². The Morgan fingerprint density at radius 2 is 2.04 bits per heavy atom. The SMILES string of the molecule is Cc1cc2nc(C(=O)N3CCC[C@@H](c4nc5ccccc5[nH]4)C3)cc(C)n2n1. The van der Waals surface area contributed by atoms with Gasteiger partial charge in [-0.1, -0.05) is 12.1 Å². The first-order valence-electron chi connectivity index (χ1n) is 9.66. The van der Waals surface area contributed by atoms with Gasteiger partial charge in [0.2, 0.25) is 0 Å². The topological polar surface area (TPSA) is 79.2 Å². The zero-order valence-electron chi connectivity index (χ0n) is 16.0. The van der Waals surface area contributed by atoms with E-state index in [0.717, 1.165) is 47.6 Å². The normalized spacial score (nSPS) is 17.5. The minimum Gasteiger partial charge on any atom is -0.342 e. The largest absolute Gasteiger partial charge is 0.342 e. The molecule has 0 bridgehead atoms. The van der Waals surface area contributed by atoms with Crippen molar-refractivity contribution < 1.29 is 4.79 Å². The molecular weight excluding hydrogens is 352 g/mol. The summed E-state index contributed by atoms with van der Waals surface area (Å²) in [6.45, 7) is 5.28. The third-order valence-electron chi connectivity index (χ3n) is 5.45. The van der Waals surface area contributed by atoms with Gasteiger partial charge in [-0.15, -0.1) is 0 Å². The lowest BCUT2D eigenvalue weighted by atomic mass is 9.97. The number of nitrogens with one attached hydrogen (secondary N) is 1. The van der Waals surface area contributed by atoms with Crippen LogP contribution in [0.4, 0.5) is 0 Å². The zero-order valence-corrected chi connectivity index (χ0v) is 16.0. The molecule has 5 rings (SSSR count). The third kappa shape index (κ3) is 2.83. The third-order valence-corrected chi connectivity index (χ3v) is 5.45. The number of carbonyl (C=O) groups is 1. The number of likely N-dealkylation sites (tertiary alicyclic amines) is 1. The molecule has 1 aliphatic heterocycles. The Labute approximate surface area is 162 Å². The molecule has 1 fully saturated rings. The van der Waals surface area contributed by atoms with Crippen molar-refractivity contribution in [3.05, 3.63) is 59.3 Å². The highest BCUT2D eigenvalue weighted by Crippen LogP contribution is 2.27. The first-order valence-corrected chi connectivity index (χ1v) is 9.66. The van der Waals surface area contributed by atoms with E-state index in [1.54, 1.807) is 4.52 Å². The summed E-state index contributed by atoms with van der Waals surface area (Å²) in [7, 11) is 0. The number of aromatic nitrogens is 5. The van der Waals surface area contributed by atoms with Gasteiger partial charge in [0.15, 0.2) is 5.65 Å². The summed E-state index contributed by atoms with van der Waals surface area (Å²) in [6, 6.07) is 11.8. The highest BCUT2D eigenvalue weighted by molar-refractivity contribution is 5.93. The number of fused-ring (bicyclic) bond motifs is 2. The van der Waals surface area contributed by atoms with Gasteiger partial charge in [0.25, 0.3) is 5.91 Å². The first-order chi connectivity index (χ1) is 13.6. The molecule has 7 nitrogen and oxygen atoms in total. The van der Waals surface area contributed by atoms with Crippen LogP contribution in [0, 0.1) is 13.8 Å². The van der Waals surface area contributed by atoms with Crippen molar-refractivity contribution in [2.75, 3.05) is 13.1 Å². The fourth-order valence-electron chi connectivity index (χ4n) is 4.06. The number of rotatable bonds is 2. The molecule has 0 unspecified atom stereocenters. The molecule has 4 heterocycles. The van der Waals surface area contributed by atoms with E-state index in [2.05, 4.69) is 15.1 Å². The lowest BCUT2D eigenvalue weighted by molar-refractivity contribution is 0.0699. The molecule has 1 aromatic carbocycles. The molecule has 1 atom stereocenters. The fourth-order valence-corrected chi connectivity index (χ4v) is 4.06. The van der Waals surface area contributed by atoms with E-state index >= 15 is 0 Å². The monoisotopic (exact) mass is 374 g/mol. The van der Waals surface area contributed by atoms with Gasteiger partial charge in [-0.2, -0.15) is 5.10 Å². The summed E-state index contributed by atoms with van der Waals surface area (Å²) in [5.74, 6) is 1.15. The van der Waals surface area contributed by atoms with Crippen LogP contribution in [0.15, 0.2) is 36.4 Å². The number of piperidine rings is 1. The molecular formula is C21H22N6O. The number of nitrogens with zero attached hydrogens (tertiary/aromatic N) is 5. The Kier molecular flexibility index (Phi) is 3.89. The van der Waals surface area contributed by atoms with Gasteiger partial charge >= 0.3 is 0 Å². The number of hydrogen-bond donors (Lipinski definition) is 1. The van der Waals surface area contributed by atoms with Gasteiger partial charge in [-0.25, -0.2) is 14.5 Å². The lowest BCUT2D eigenvalue weighted by Crippen LogP contribution is -2.39. The number of aromatic amines is 1. The number of imidazole rings is 1. The Hall–Kier alpha value is -3.22. The minimum absolute atomic E-state index is 0.0229. The van der Waals surface area contributed by atoms with Crippen LogP contribution in [0.1, 0.15) is 46.5 Å². The number of hydrogen-bond acceptors (Lipinski definition) is 4. The average Bonchev–Trinajstić information content (AvgIpc) is 3.30. The van der Waals surface area contributed by atoms with Crippen molar-refractivity contribution in [3.63, 3.8) is 0 Å². The maximum atomic E-state index is 13.2. The van der Waals surface area contributed by atoms with E-state index in [1.165, 1.54) is 0 Å². The number of H-pyrrole nitrogens is 1. The van der Waals surface area contributed by atoms with Crippen molar-refractivity contribution >= 4 is 22.6 Å². The maximum absolute atomic E-state index is 13.2. The second kappa shape index (κ2) is 6.44. The molecule has 142 valence electrons. The predicted octanol–water partition coefficient (Wildman–Crippen LogP) is 3.24. The van der Waals surface area contributed by atoms with Gasteiger partial charge < -0.3 is 9.88 Å². The highest BCUT2D eigenvalue weighted by Gasteiger charge is 2.28. The predicted molar refractivity (Wildman–Crippen MR) is 106 cm³/mol. The number of carbonyl (C=O) groups excluding carboxylic acids is 1. The molecule has 1 saturated heterocycles. The van der Waals surface area contributed by atoms with Crippen molar-refractivity contribution in [1.82, 2.24) is 29.5 Å². The molecule has 1 amide bonds. The van der Waals surface area contributed by atoms with Crippen LogP contribution in [0.25, 0.3) is 16.7 Å². The Balaban J connectivity index is 1.42. The smallest absolute Gasteiger partial charge is 0.272 e. The number of para-hydroxylation sites is 2. The minimum atomic E-state index is -0.0229. The van der Waals surface area contributed by atoms with Gasteiger partial charge in [0.05, 0.1) is 16.7 Å². The summed E-state index contributed by atoms with van der Waals surface area (Å²) in [6.07, 6.45) is 1.98. The van der Waals surface area contributed by atoms with Crippen molar-refractivity contribution in [2.45, 2.75) is 32.6 Å². The van der Waals surface area contributed by atoms with E-state index in [9.17, 15) is 4.79 Å². The quantitative estimate of drug-likeness (QED) is 0.584. The van der Waals surface area contributed by atoms with E-state index in [-0.39, 0.29) is 11.8 Å². The lowest BCUT2D eigenvalue weighted by Gasteiger charge is -2.31. The number of benzene rings is 1. The molecule has 0 radical (unpaired) electrons. The maximum Gasteiger partial charge on any atom is 0.272 e. The van der Waals surface area contributed by atoms with Crippen LogP contribution in [-0.4, -0.2) is 48.5 Å². The van der Waals surface area contributed by atoms with Gasteiger partial charge in [-0.05, 0) is 44.9 Å². The molecule has 4 aromatic rings. The van der Waals surface area contributed by atoms with E-state index in [0.29, 0.717) is 17.9 Å². The molecule has 28 heavy (non-hydrogen) atoms. The van der Waals surface area contributed by atoms with Crippen LogP contribution >= 0.6 is 0 Å². The van der Waals surface area contributed by atoms with Gasteiger partial charge in [0, 0.05) is 30.8 Å². The Bertz CT molecular complexity index is 1160. The van der Waals surface area contributed by atoms with Gasteiger partial charge in [0.1, 0.15) is 11.5 Å². The van der Waals surface area contributed by atoms with Gasteiger partial charge in [-0.3, -0.25) is 4.79 Å². The molecule has 1 N–H and O–H groups in total. The molecule has 3 aromatic heterocycles. The molecule has 1 aliphatic rings. The first kappa shape index (κ1) is 16.9. The van der Waals surface area contributed by atoms with Crippen LogP contribution in [0.2, 0.25) is 0 Å². The van der Waals surface area contributed by atoms with Crippen molar-refractivity contribution in [1.29, 1.82) is 0 Å². The fraction of sp³-hybridized carbons (Fsp3) is 0.333. The number of amides is 1. The standard InChI is InChI=1S/C21H22N6O/c1-13-10-19-22-18(11-14(2)27(19)25-13)21(28)26-9-5-6-15(12-26)20-23-16-7-3-4-8-17(16)24-20/h3-4,7-8,10-11,15H,5-6,9,12H2,1-2H3,(H,23,24)/t15-/m1/s1. The zero-order chi connectivity index (χ0) is 19.3. The molecule has 0 aliphatic carbocycles. The summed E-state index contributed by atoms with van der Waals surface area (Å²) in [5.41, 5.74) is 5.01. The highest BCUT2D eigenvalue weighted by atomic mass is 16.2. The average molecular weight is 374 g/mol. The second-order valence-corrected chi connectivity index (χ2v) is 7.57. The Morgan fingerprint density at radius 1 is 1.18 bits per heavy atom. The summed E-state index contributed by atoms with van der Waals surface area (Å²) in [4.78, 5) is 27.8. The molecule has 0 spiro atoms. The van der Waals surface area contributed by atoms with Crippen molar-refractivity contribution in [3.8, 4) is 0 Å². The van der Waals surface area contributed by atoms with Crippen LogP contribution < -0.4 is 0 Å². The molecule has 0 saturated carbocycles. The summed E-state index contributed by atoms with van der Waals surface area (Å²) >= 11 is 0. The Morgan fingerprint density at radius 3 is 2.89 bits per heavy atom. The second-order valence-electron chi connectivity index (χ2n) is 7.57. The summed E-state index contributed by atoms with van der Waals surface area (Å²) in [5, 5.41) is 4.41. The van der Waals surface area contributed by atoms with Crippen LogP contribution in [0.3, 0.4) is 0 Å². The molecule has 7 heteroatoms. The van der Waals surface area contributed by atoms with Crippen LogP contribution in [0.5, 0.6) is 0 Å². The van der Waals surface area contributed by atoms with E-state index in [1.807, 2.05) is 55.1 Å². The van der Waals surface area contributed by atoms with Crippen LogP contribution in [-0.2, 0) is 0 Å². The van der Waals surface area contributed by atoms with Crippen molar-refractivity contribution in [2.24, 2.45) is 0 Å².